The molecule has 3 aromatic rings. The van der Waals surface area contributed by atoms with Gasteiger partial charge in [0, 0.05) is 77.0 Å². The monoisotopic (exact) mass is 470 g/mol. The summed E-state index contributed by atoms with van der Waals surface area (Å²) in [6, 6.07) is 16.2. The summed E-state index contributed by atoms with van der Waals surface area (Å²) in [6.07, 6.45) is 6.78. The van der Waals surface area contributed by atoms with Crippen molar-refractivity contribution >= 4 is 34.1 Å². The molecule has 3 aliphatic rings. The second-order valence-corrected chi connectivity index (χ2v) is 9.99. The highest BCUT2D eigenvalue weighted by Gasteiger charge is 2.43. The number of nitrogens with zero attached hydrogens (tertiary/aromatic N) is 2. The summed E-state index contributed by atoms with van der Waals surface area (Å²) in [7, 11) is 2.04. The number of benzene rings is 2. The molecule has 172 valence electrons. The molecule has 4 nitrogen and oxygen atoms in total. The summed E-state index contributed by atoms with van der Waals surface area (Å²) >= 11 is 6.49. The number of para-hydroxylation sites is 1. The zero-order chi connectivity index (χ0) is 23.4. The van der Waals surface area contributed by atoms with Crippen molar-refractivity contribution in [1.82, 2.24) is 9.47 Å². The van der Waals surface area contributed by atoms with E-state index < -0.39 is 0 Å². The predicted octanol–water partition coefficient (Wildman–Crippen LogP) is 6.39. The standard InChI is InChI=1S/C29H27ClN2O2/c1-31-23-12-6-14-25(33)28(23)27(29-24(31)13-7-15-26(29)34)20-17-32(22-11-5-3-9-19(20)22)16-18-8-2-4-10-21(18)30/h2-5,8-11,17,27H,6-7,12-16H2,1H3. The van der Waals surface area contributed by atoms with Gasteiger partial charge in [0.15, 0.2) is 11.6 Å². The molecule has 0 N–H and O–H groups in total. The van der Waals surface area contributed by atoms with Crippen molar-refractivity contribution < 1.29 is 9.59 Å². The molecule has 6 rings (SSSR count). The van der Waals surface area contributed by atoms with Gasteiger partial charge < -0.3 is 9.47 Å². The molecule has 34 heavy (non-hydrogen) atoms. The van der Waals surface area contributed by atoms with Crippen molar-refractivity contribution in [3.8, 4) is 0 Å². The third-order valence-corrected chi connectivity index (χ3v) is 8.04. The summed E-state index contributed by atoms with van der Waals surface area (Å²) in [5.74, 6) is 0.0797. The first-order chi connectivity index (χ1) is 16.5. The van der Waals surface area contributed by atoms with E-state index in [9.17, 15) is 9.59 Å². The minimum absolute atomic E-state index is 0.186. The number of fused-ring (bicyclic) bond motifs is 1. The van der Waals surface area contributed by atoms with Gasteiger partial charge in [0.05, 0.1) is 0 Å². The molecular weight excluding hydrogens is 444 g/mol. The quantitative estimate of drug-likeness (QED) is 0.445. The molecule has 2 aromatic carbocycles. The fraction of sp³-hybridized carbons (Fsp3) is 0.310. The second kappa shape index (κ2) is 8.28. The Morgan fingerprint density at radius 1 is 0.853 bits per heavy atom. The third kappa shape index (κ3) is 3.27. The molecule has 0 unspecified atom stereocenters. The lowest BCUT2D eigenvalue weighted by atomic mass is 9.71. The molecular formula is C29H27ClN2O2. The Bertz CT molecular complexity index is 1370. The van der Waals surface area contributed by atoms with E-state index in [2.05, 4.69) is 27.8 Å². The van der Waals surface area contributed by atoms with Gasteiger partial charge in [0.1, 0.15) is 0 Å². The fourth-order valence-corrected chi connectivity index (χ4v) is 6.31. The summed E-state index contributed by atoms with van der Waals surface area (Å²) < 4.78 is 2.21. The molecule has 0 fully saturated rings. The zero-order valence-electron chi connectivity index (χ0n) is 19.3. The highest BCUT2D eigenvalue weighted by molar-refractivity contribution is 6.31. The van der Waals surface area contributed by atoms with Crippen molar-refractivity contribution in [2.24, 2.45) is 0 Å². The van der Waals surface area contributed by atoms with Crippen LogP contribution in [0.2, 0.25) is 5.02 Å². The van der Waals surface area contributed by atoms with Crippen LogP contribution in [0.25, 0.3) is 10.9 Å². The number of rotatable bonds is 3. The Labute approximate surface area is 204 Å². The van der Waals surface area contributed by atoms with Crippen LogP contribution in [0, 0.1) is 0 Å². The van der Waals surface area contributed by atoms with E-state index in [4.69, 9.17) is 11.6 Å². The van der Waals surface area contributed by atoms with Crippen LogP contribution in [0.15, 0.2) is 77.3 Å². The normalized spacial score (nSPS) is 19.2. The molecule has 1 aliphatic heterocycles. The minimum Gasteiger partial charge on any atom is -0.351 e. The predicted molar refractivity (Wildman–Crippen MR) is 135 cm³/mol. The maximum atomic E-state index is 13.4. The largest absolute Gasteiger partial charge is 0.351 e. The van der Waals surface area contributed by atoms with Crippen LogP contribution in [0.5, 0.6) is 0 Å². The van der Waals surface area contributed by atoms with Crippen LogP contribution in [-0.4, -0.2) is 28.1 Å². The Hall–Kier alpha value is -3.11. The van der Waals surface area contributed by atoms with Gasteiger partial charge in [-0.1, -0.05) is 48.0 Å². The molecule has 2 heterocycles. The first kappa shape index (κ1) is 21.4. The number of hydrogen-bond donors (Lipinski definition) is 0. The van der Waals surface area contributed by atoms with Crippen LogP contribution in [0.3, 0.4) is 0 Å². The van der Waals surface area contributed by atoms with Gasteiger partial charge >= 0.3 is 0 Å². The number of ketones is 2. The van der Waals surface area contributed by atoms with Crippen molar-refractivity contribution in [2.75, 3.05) is 7.05 Å². The molecule has 0 amide bonds. The molecule has 0 saturated carbocycles. The molecule has 0 spiro atoms. The van der Waals surface area contributed by atoms with E-state index in [1.54, 1.807) is 0 Å². The summed E-state index contributed by atoms with van der Waals surface area (Å²) in [5.41, 5.74) is 7.08. The van der Waals surface area contributed by atoms with Crippen molar-refractivity contribution in [3.63, 3.8) is 0 Å². The van der Waals surface area contributed by atoms with E-state index in [0.29, 0.717) is 19.4 Å². The lowest BCUT2D eigenvalue weighted by Gasteiger charge is -2.42. The fourth-order valence-electron chi connectivity index (χ4n) is 6.11. The third-order valence-electron chi connectivity index (χ3n) is 7.67. The SMILES string of the molecule is CN1C2=C(C(=O)CCC2)C(c2cn(Cc3ccccc3Cl)c3ccccc23)C2=C1CCCC2=O. The lowest BCUT2D eigenvalue weighted by molar-refractivity contribution is -0.117. The molecule has 2 aliphatic carbocycles. The van der Waals surface area contributed by atoms with Crippen molar-refractivity contribution in [1.29, 1.82) is 0 Å². The first-order valence-electron chi connectivity index (χ1n) is 12.1. The average molecular weight is 471 g/mol. The summed E-state index contributed by atoms with van der Waals surface area (Å²) in [5, 5.41) is 1.83. The number of carbonyl (C=O) groups excluding carboxylic acids is 2. The average Bonchev–Trinajstić information content (AvgIpc) is 3.20. The molecule has 5 heteroatoms. The number of allylic oxidation sites excluding steroid dienone is 4. The molecule has 0 saturated heterocycles. The highest BCUT2D eigenvalue weighted by atomic mass is 35.5. The smallest absolute Gasteiger partial charge is 0.161 e. The zero-order valence-corrected chi connectivity index (χ0v) is 20.1. The minimum atomic E-state index is -0.292. The molecule has 0 atom stereocenters. The van der Waals surface area contributed by atoms with E-state index in [1.165, 1.54) is 0 Å². The highest BCUT2D eigenvalue weighted by Crippen LogP contribution is 2.50. The van der Waals surface area contributed by atoms with Crippen LogP contribution in [-0.2, 0) is 16.1 Å². The van der Waals surface area contributed by atoms with Gasteiger partial charge in [-0.3, -0.25) is 9.59 Å². The maximum Gasteiger partial charge on any atom is 0.161 e. The van der Waals surface area contributed by atoms with Gasteiger partial charge in [0.25, 0.3) is 0 Å². The Morgan fingerprint density at radius 3 is 2.15 bits per heavy atom. The van der Waals surface area contributed by atoms with E-state index in [1.807, 2.05) is 43.4 Å². The molecule has 1 aromatic heterocycles. The van der Waals surface area contributed by atoms with Crippen molar-refractivity contribution in [2.45, 2.75) is 51.0 Å². The second-order valence-electron chi connectivity index (χ2n) is 9.59. The lowest BCUT2D eigenvalue weighted by Crippen LogP contribution is -2.37. The van der Waals surface area contributed by atoms with Crippen molar-refractivity contribution in [3.05, 3.63) is 93.4 Å². The van der Waals surface area contributed by atoms with Crippen LogP contribution in [0.1, 0.15) is 55.6 Å². The van der Waals surface area contributed by atoms with Gasteiger partial charge in [-0.2, -0.15) is 0 Å². The number of halogens is 1. The number of carbonyl (C=O) groups is 2. The molecule has 0 bridgehead atoms. The Kier molecular flexibility index (Phi) is 5.22. The first-order valence-corrected chi connectivity index (χ1v) is 12.5. The van der Waals surface area contributed by atoms with E-state index in [0.717, 1.165) is 75.3 Å². The van der Waals surface area contributed by atoms with E-state index in [-0.39, 0.29) is 17.5 Å². The molecule has 0 radical (unpaired) electrons. The number of aromatic nitrogens is 1. The van der Waals surface area contributed by atoms with Gasteiger partial charge in [-0.25, -0.2) is 0 Å². The van der Waals surface area contributed by atoms with Crippen LogP contribution in [0.4, 0.5) is 0 Å². The van der Waals surface area contributed by atoms with E-state index >= 15 is 0 Å². The summed E-state index contributed by atoms with van der Waals surface area (Å²) in [6.45, 7) is 0.631. The van der Waals surface area contributed by atoms with Gasteiger partial charge in [0.2, 0.25) is 0 Å². The Balaban J connectivity index is 1.58. The van der Waals surface area contributed by atoms with Gasteiger partial charge in [-0.15, -0.1) is 0 Å². The summed E-state index contributed by atoms with van der Waals surface area (Å²) in [4.78, 5) is 28.9. The maximum absolute atomic E-state index is 13.4. The Morgan fingerprint density at radius 2 is 1.47 bits per heavy atom. The number of hydrogen-bond acceptors (Lipinski definition) is 3. The van der Waals surface area contributed by atoms with Gasteiger partial charge in [-0.05, 0) is 48.9 Å². The topological polar surface area (TPSA) is 42.3 Å². The van der Waals surface area contributed by atoms with Crippen LogP contribution >= 0.6 is 11.6 Å². The van der Waals surface area contributed by atoms with Crippen LogP contribution < -0.4 is 0 Å². The number of Topliss-reactive ketones (excluding diaryl/α,β-unsaturated/α-hetero) is 2.